The SMILES string of the molecule is CN=C(c1cc(F)c(-c2c(O)cccc2F)nc1N(C=O)c1c(C(F)(F)F)ccnc1C(C)C)N1CCN(C)CC1C. The second-order valence-corrected chi connectivity index (χ2v) is 10.4. The zero-order valence-corrected chi connectivity index (χ0v) is 23.7. The van der Waals surface area contributed by atoms with Gasteiger partial charge in [0.15, 0.2) is 11.6 Å². The highest BCUT2D eigenvalue weighted by atomic mass is 19.4. The van der Waals surface area contributed by atoms with Gasteiger partial charge in [-0.25, -0.2) is 13.8 Å². The van der Waals surface area contributed by atoms with Crippen LogP contribution in [0, 0.1) is 11.6 Å². The lowest BCUT2D eigenvalue weighted by molar-refractivity contribution is -0.137. The molecular weight excluding hydrogens is 559 g/mol. The average Bonchev–Trinajstić information content (AvgIpc) is 2.91. The van der Waals surface area contributed by atoms with Gasteiger partial charge in [0.05, 0.1) is 28.1 Å². The van der Waals surface area contributed by atoms with Crippen LogP contribution < -0.4 is 4.90 Å². The first-order chi connectivity index (χ1) is 19.8. The number of likely N-dealkylation sites (N-methyl/N-ethyl adjacent to an activating group) is 1. The van der Waals surface area contributed by atoms with E-state index in [1.807, 2.05) is 18.9 Å². The van der Waals surface area contributed by atoms with Gasteiger partial charge in [0, 0.05) is 38.9 Å². The van der Waals surface area contributed by atoms with Crippen molar-refractivity contribution in [3.05, 3.63) is 65.0 Å². The Bertz CT molecular complexity index is 1490. The van der Waals surface area contributed by atoms with Crippen molar-refractivity contribution in [1.29, 1.82) is 0 Å². The summed E-state index contributed by atoms with van der Waals surface area (Å²) in [5, 5.41) is 10.4. The van der Waals surface area contributed by atoms with Crippen molar-refractivity contribution in [1.82, 2.24) is 19.8 Å². The predicted molar refractivity (Wildman–Crippen MR) is 149 cm³/mol. The van der Waals surface area contributed by atoms with E-state index < -0.39 is 57.8 Å². The molecule has 0 bridgehead atoms. The molecule has 3 aromatic rings. The summed E-state index contributed by atoms with van der Waals surface area (Å²) in [6, 6.07) is 4.85. The average molecular weight is 591 g/mol. The number of hydrogen-bond acceptors (Lipinski definition) is 6. The van der Waals surface area contributed by atoms with Crippen LogP contribution in [-0.4, -0.2) is 76.9 Å². The fourth-order valence-electron chi connectivity index (χ4n) is 5.19. The molecule has 1 amide bonds. The smallest absolute Gasteiger partial charge is 0.418 e. The van der Waals surface area contributed by atoms with Gasteiger partial charge in [-0.1, -0.05) is 19.9 Å². The molecule has 0 radical (unpaired) electrons. The lowest BCUT2D eigenvalue weighted by atomic mass is 10.0. The number of carbonyl (C=O) groups is 1. The summed E-state index contributed by atoms with van der Waals surface area (Å²) >= 11 is 0. The minimum Gasteiger partial charge on any atom is -0.507 e. The number of aromatic nitrogens is 2. The summed E-state index contributed by atoms with van der Waals surface area (Å²) < 4.78 is 73.8. The maximum absolute atomic E-state index is 15.8. The fourth-order valence-corrected chi connectivity index (χ4v) is 5.19. The van der Waals surface area contributed by atoms with Crippen LogP contribution in [0.1, 0.15) is 43.5 Å². The molecule has 1 saturated heterocycles. The fraction of sp³-hybridized carbons (Fsp3) is 0.379. The molecule has 1 aromatic carbocycles. The third kappa shape index (κ3) is 5.78. The third-order valence-electron chi connectivity index (χ3n) is 7.12. The van der Waals surface area contributed by atoms with Crippen LogP contribution in [0.25, 0.3) is 11.3 Å². The number of amidine groups is 1. The van der Waals surface area contributed by atoms with Crippen LogP contribution in [0.3, 0.4) is 0 Å². The van der Waals surface area contributed by atoms with Crippen LogP contribution in [0.15, 0.2) is 41.5 Å². The van der Waals surface area contributed by atoms with Crippen molar-refractivity contribution >= 4 is 23.8 Å². The van der Waals surface area contributed by atoms with Gasteiger partial charge in [0.25, 0.3) is 0 Å². The maximum Gasteiger partial charge on any atom is 0.418 e. The molecule has 224 valence electrons. The maximum atomic E-state index is 15.8. The summed E-state index contributed by atoms with van der Waals surface area (Å²) in [6.45, 7) is 6.81. The van der Waals surface area contributed by atoms with Crippen molar-refractivity contribution in [3.8, 4) is 17.0 Å². The molecule has 1 N–H and O–H groups in total. The number of piperazine rings is 1. The molecule has 0 saturated carbocycles. The normalized spacial score (nSPS) is 16.7. The number of hydrogen-bond donors (Lipinski definition) is 1. The summed E-state index contributed by atoms with van der Waals surface area (Å²) in [5.41, 5.74) is -3.22. The number of amides is 1. The molecule has 42 heavy (non-hydrogen) atoms. The van der Waals surface area contributed by atoms with Gasteiger partial charge < -0.3 is 14.9 Å². The van der Waals surface area contributed by atoms with Crippen LogP contribution >= 0.6 is 0 Å². The molecule has 0 aliphatic carbocycles. The third-order valence-corrected chi connectivity index (χ3v) is 7.12. The number of nitrogens with zero attached hydrogens (tertiary/aromatic N) is 6. The molecular formula is C29H31F5N6O2. The number of phenols is 1. The molecule has 1 aliphatic rings. The topological polar surface area (TPSA) is 85.2 Å². The summed E-state index contributed by atoms with van der Waals surface area (Å²) in [6.07, 6.45) is -3.77. The van der Waals surface area contributed by atoms with E-state index >= 15 is 4.39 Å². The minimum absolute atomic E-state index is 0.0627. The van der Waals surface area contributed by atoms with Gasteiger partial charge >= 0.3 is 6.18 Å². The molecule has 3 heterocycles. The number of benzene rings is 1. The number of carbonyl (C=O) groups excluding carboxylic acids is 1. The molecule has 1 unspecified atom stereocenters. The van der Waals surface area contributed by atoms with E-state index in [0.29, 0.717) is 24.5 Å². The summed E-state index contributed by atoms with van der Waals surface area (Å²) in [7, 11) is 3.37. The number of pyridine rings is 2. The summed E-state index contributed by atoms with van der Waals surface area (Å²) in [4.78, 5) is 30.1. The quantitative estimate of drug-likeness (QED) is 0.175. The highest BCUT2D eigenvalue weighted by Crippen LogP contribution is 2.44. The van der Waals surface area contributed by atoms with Crippen molar-refractivity contribution in [2.75, 3.05) is 38.6 Å². The largest absolute Gasteiger partial charge is 0.507 e. The van der Waals surface area contributed by atoms with Crippen LogP contribution in [-0.2, 0) is 11.0 Å². The van der Waals surface area contributed by atoms with Crippen LogP contribution in [0.5, 0.6) is 5.75 Å². The monoisotopic (exact) mass is 590 g/mol. The zero-order valence-electron chi connectivity index (χ0n) is 23.7. The van der Waals surface area contributed by atoms with E-state index in [0.717, 1.165) is 30.5 Å². The first-order valence-corrected chi connectivity index (χ1v) is 13.2. The van der Waals surface area contributed by atoms with Crippen molar-refractivity contribution < 1.29 is 31.9 Å². The first-order valence-electron chi connectivity index (χ1n) is 13.2. The number of halogens is 5. The number of alkyl halides is 3. The lowest BCUT2D eigenvalue weighted by Crippen LogP contribution is -2.53. The molecule has 1 atom stereocenters. The Hall–Kier alpha value is -4.13. The first kappa shape index (κ1) is 30.8. The highest BCUT2D eigenvalue weighted by molar-refractivity contribution is 6.07. The van der Waals surface area contributed by atoms with E-state index in [9.17, 15) is 27.5 Å². The van der Waals surface area contributed by atoms with Crippen molar-refractivity contribution in [3.63, 3.8) is 0 Å². The molecule has 4 rings (SSSR count). The second kappa shape index (κ2) is 12.0. The van der Waals surface area contributed by atoms with E-state index in [1.165, 1.54) is 13.1 Å². The summed E-state index contributed by atoms with van der Waals surface area (Å²) in [5.74, 6) is -3.56. The number of aliphatic imine (C=N–C) groups is 1. The van der Waals surface area contributed by atoms with E-state index in [2.05, 4.69) is 19.9 Å². The number of aromatic hydroxyl groups is 1. The molecule has 1 aliphatic heterocycles. The zero-order chi connectivity index (χ0) is 30.9. The number of anilines is 2. The van der Waals surface area contributed by atoms with Gasteiger partial charge in [0.1, 0.15) is 23.1 Å². The Morgan fingerprint density at radius 1 is 1.19 bits per heavy atom. The number of phenolic OH excluding ortho intramolecular Hbond substituents is 1. The van der Waals surface area contributed by atoms with Gasteiger partial charge in [0.2, 0.25) is 6.41 Å². The van der Waals surface area contributed by atoms with E-state index in [1.54, 1.807) is 13.8 Å². The van der Waals surface area contributed by atoms with Gasteiger partial charge in [-0.2, -0.15) is 13.2 Å². The highest BCUT2D eigenvalue weighted by Gasteiger charge is 2.39. The molecule has 1 fully saturated rings. The predicted octanol–water partition coefficient (Wildman–Crippen LogP) is 5.58. The Kier molecular flexibility index (Phi) is 8.81. The Labute approximate surface area is 240 Å². The van der Waals surface area contributed by atoms with E-state index in [-0.39, 0.29) is 29.5 Å². The van der Waals surface area contributed by atoms with E-state index in [4.69, 9.17) is 0 Å². The lowest BCUT2D eigenvalue weighted by Gasteiger charge is -2.40. The minimum atomic E-state index is -4.90. The van der Waals surface area contributed by atoms with Gasteiger partial charge in [-0.05, 0) is 44.2 Å². The van der Waals surface area contributed by atoms with Gasteiger partial charge in [-0.3, -0.25) is 19.7 Å². The van der Waals surface area contributed by atoms with Gasteiger partial charge in [-0.15, -0.1) is 0 Å². The molecule has 0 spiro atoms. The standard InChI is InChI=1S/C29H31F5N6O2/c1-16(2)24-26(19(9-10-36-24)29(32,33)34)40(15-41)28-18(27(35-4)39-12-11-38(5)14-17(39)3)13-21(31)25(37-28)23-20(30)7-6-8-22(23)42/h6-10,13,15-17,42H,11-12,14H2,1-5H3. The van der Waals surface area contributed by atoms with Crippen molar-refractivity contribution in [2.45, 2.75) is 38.9 Å². The van der Waals surface area contributed by atoms with Crippen LogP contribution in [0.2, 0.25) is 0 Å². The Morgan fingerprint density at radius 2 is 1.90 bits per heavy atom. The Balaban J connectivity index is 2.09. The Morgan fingerprint density at radius 3 is 2.48 bits per heavy atom. The number of rotatable bonds is 6. The molecule has 2 aromatic heterocycles. The van der Waals surface area contributed by atoms with Crippen molar-refractivity contribution in [2.24, 2.45) is 4.99 Å². The molecule has 8 nitrogen and oxygen atoms in total. The second-order valence-electron chi connectivity index (χ2n) is 10.4. The molecule has 13 heteroatoms. The van der Waals surface area contributed by atoms with Crippen LogP contribution in [0.4, 0.5) is 33.5 Å².